The zero-order valence-corrected chi connectivity index (χ0v) is 22.2. The van der Waals surface area contributed by atoms with Gasteiger partial charge in [-0.25, -0.2) is 0 Å². The van der Waals surface area contributed by atoms with Crippen molar-refractivity contribution in [2.75, 3.05) is 47.4 Å². The molecule has 0 radical (unpaired) electrons. The molecule has 2 atom stereocenters. The highest BCUT2D eigenvalue weighted by molar-refractivity contribution is 8.55. The minimum absolute atomic E-state index is 0.224. The van der Waals surface area contributed by atoms with E-state index in [-0.39, 0.29) is 12.9 Å². The number of carbonyl (C=O) groups excluding carboxylic acids is 1. The maximum Gasteiger partial charge on any atom is 0.355 e. The monoisotopic (exact) mass is 510 g/mol. The second kappa shape index (κ2) is 14.4. The summed E-state index contributed by atoms with van der Waals surface area (Å²) < 4.78 is 35.1. The fourth-order valence-corrected chi connectivity index (χ4v) is 5.17. The normalized spacial score (nSPS) is 13.8. The lowest BCUT2D eigenvalue weighted by atomic mass is 10.0. The molecular weight excluding hydrogens is 475 g/mol. The van der Waals surface area contributed by atoms with Gasteiger partial charge in [-0.1, -0.05) is 41.7 Å². The fraction of sp³-hybridized carbons (Fsp3) is 0.458. The van der Waals surface area contributed by atoms with Crippen molar-refractivity contribution in [1.82, 2.24) is 9.99 Å². The molecule has 0 bridgehead atoms. The Morgan fingerprint density at radius 1 is 1.15 bits per heavy atom. The molecule has 0 spiro atoms. The summed E-state index contributed by atoms with van der Waals surface area (Å²) in [4.78, 5) is 13.3. The van der Waals surface area contributed by atoms with Gasteiger partial charge in [0.05, 0.1) is 7.11 Å². The SMILES string of the molecule is COc1cccc(CCc2ccccc2OCC(CN(C)C)OCOP(=O)(NC(C)=O)SC)c1. The van der Waals surface area contributed by atoms with E-state index in [2.05, 4.69) is 17.2 Å². The Kier molecular flexibility index (Phi) is 11.9. The number of amides is 1. The molecule has 10 heteroatoms. The first-order valence-electron chi connectivity index (χ1n) is 10.9. The summed E-state index contributed by atoms with van der Waals surface area (Å²) in [5, 5.41) is 2.35. The number of hydrogen-bond acceptors (Lipinski definition) is 8. The standard InChI is InChI=1S/C24H35N2O6PS/c1-19(27)25-33(28,34-5)32-18-31-23(16-26(2)3)17-30-24-12-7-6-10-21(24)14-13-20-9-8-11-22(15-20)29-4/h6-12,15,23H,13-14,16-18H2,1-5H3,(H,25,27,28). The number of hydrogen-bond donors (Lipinski definition) is 1. The van der Waals surface area contributed by atoms with Crippen LogP contribution in [-0.2, 0) is 31.5 Å². The molecule has 1 N–H and O–H groups in total. The van der Waals surface area contributed by atoms with E-state index >= 15 is 0 Å². The zero-order chi connectivity index (χ0) is 25.0. The molecule has 0 aliphatic rings. The highest BCUT2D eigenvalue weighted by Crippen LogP contribution is 2.54. The largest absolute Gasteiger partial charge is 0.497 e. The van der Waals surface area contributed by atoms with Crippen LogP contribution in [0.4, 0.5) is 0 Å². The van der Waals surface area contributed by atoms with Crippen LogP contribution in [0, 0.1) is 0 Å². The van der Waals surface area contributed by atoms with Gasteiger partial charge in [-0.05, 0) is 62.5 Å². The Bertz CT molecular complexity index is 959. The average Bonchev–Trinajstić information content (AvgIpc) is 2.81. The Hall–Kier alpha value is -2.03. The second-order valence-corrected chi connectivity index (χ2v) is 12.3. The number of nitrogens with one attached hydrogen (secondary N) is 1. The van der Waals surface area contributed by atoms with Gasteiger partial charge in [0.2, 0.25) is 5.91 Å². The van der Waals surface area contributed by atoms with Crippen molar-refractivity contribution in [2.24, 2.45) is 0 Å². The molecule has 34 heavy (non-hydrogen) atoms. The molecule has 0 saturated carbocycles. The molecule has 0 saturated heterocycles. The molecule has 8 nitrogen and oxygen atoms in total. The highest BCUT2D eigenvalue weighted by Gasteiger charge is 2.24. The van der Waals surface area contributed by atoms with E-state index in [4.69, 9.17) is 18.7 Å². The van der Waals surface area contributed by atoms with E-state index in [0.717, 1.165) is 41.3 Å². The molecule has 2 unspecified atom stereocenters. The number of benzene rings is 2. The summed E-state index contributed by atoms with van der Waals surface area (Å²) >= 11 is 0.956. The number of rotatable bonds is 15. The van der Waals surface area contributed by atoms with Gasteiger partial charge in [-0.15, -0.1) is 0 Å². The van der Waals surface area contributed by atoms with Crippen molar-refractivity contribution < 1.29 is 28.1 Å². The van der Waals surface area contributed by atoms with E-state index in [1.807, 2.05) is 55.4 Å². The topological polar surface area (TPSA) is 86.3 Å². The summed E-state index contributed by atoms with van der Waals surface area (Å²) in [6, 6.07) is 16.0. The molecule has 0 aliphatic carbocycles. The molecule has 0 aromatic heterocycles. The van der Waals surface area contributed by atoms with Crippen molar-refractivity contribution in [3.63, 3.8) is 0 Å². The van der Waals surface area contributed by atoms with Crippen LogP contribution >= 0.6 is 18.1 Å². The van der Waals surface area contributed by atoms with Crippen LogP contribution in [0.2, 0.25) is 0 Å². The summed E-state index contributed by atoms with van der Waals surface area (Å²) in [6.45, 7) is -1.40. The Morgan fingerprint density at radius 2 is 1.91 bits per heavy atom. The Labute approximate surface area is 206 Å². The highest BCUT2D eigenvalue weighted by atomic mass is 32.7. The molecule has 2 aromatic carbocycles. The lowest BCUT2D eigenvalue weighted by Crippen LogP contribution is -2.34. The van der Waals surface area contributed by atoms with E-state index in [1.54, 1.807) is 13.4 Å². The first-order chi connectivity index (χ1) is 16.2. The number of methoxy groups -OCH3 is 1. The zero-order valence-electron chi connectivity index (χ0n) is 20.5. The molecule has 0 fully saturated rings. The van der Waals surface area contributed by atoms with Crippen LogP contribution in [0.1, 0.15) is 18.1 Å². The molecule has 0 aliphatic heterocycles. The second-order valence-electron chi connectivity index (χ2n) is 7.92. The van der Waals surface area contributed by atoms with Crippen LogP contribution in [0.25, 0.3) is 0 Å². The third kappa shape index (κ3) is 10.1. The van der Waals surface area contributed by atoms with Gasteiger partial charge in [0.1, 0.15) is 24.2 Å². The number of aryl methyl sites for hydroxylation is 2. The van der Waals surface area contributed by atoms with Gasteiger partial charge in [0.25, 0.3) is 0 Å². The Balaban J connectivity index is 1.96. The summed E-state index contributed by atoms with van der Waals surface area (Å²) in [5.74, 6) is 1.22. The van der Waals surface area contributed by atoms with Gasteiger partial charge in [0.15, 0.2) is 6.79 Å². The predicted molar refractivity (Wildman–Crippen MR) is 137 cm³/mol. The first-order valence-corrected chi connectivity index (χ1v) is 14.4. The van der Waals surface area contributed by atoms with Crippen molar-refractivity contribution >= 4 is 24.0 Å². The van der Waals surface area contributed by atoms with Crippen molar-refractivity contribution in [3.05, 3.63) is 59.7 Å². The van der Waals surface area contributed by atoms with Crippen molar-refractivity contribution in [2.45, 2.75) is 25.9 Å². The van der Waals surface area contributed by atoms with Crippen LogP contribution in [-0.4, -0.2) is 64.3 Å². The third-order valence-electron chi connectivity index (χ3n) is 4.84. The first kappa shape index (κ1) is 28.2. The lowest BCUT2D eigenvalue weighted by Gasteiger charge is -2.24. The lowest BCUT2D eigenvalue weighted by molar-refractivity contribution is -0.117. The number of carbonyl (C=O) groups is 1. The van der Waals surface area contributed by atoms with Crippen molar-refractivity contribution in [3.8, 4) is 11.5 Å². The van der Waals surface area contributed by atoms with Crippen LogP contribution in [0.15, 0.2) is 48.5 Å². The third-order valence-corrected chi connectivity index (χ3v) is 8.39. The van der Waals surface area contributed by atoms with Gasteiger partial charge in [-0.3, -0.25) is 19.0 Å². The maximum absolute atomic E-state index is 12.5. The molecule has 2 rings (SSSR count). The molecule has 2 aromatic rings. The van der Waals surface area contributed by atoms with Crippen LogP contribution < -0.4 is 14.6 Å². The average molecular weight is 511 g/mol. The van der Waals surface area contributed by atoms with Gasteiger partial charge in [0, 0.05) is 13.5 Å². The van der Waals surface area contributed by atoms with E-state index in [1.165, 1.54) is 12.5 Å². The quantitative estimate of drug-likeness (QED) is 0.279. The number of likely N-dealkylation sites (N-methyl/N-ethyl adjacent to an activating group) is 1. The van der Waals surface area contributed by atoms with Gasteiger partial charge >= 0.3 is 6.72 Å². The van der Waals surface area contributed by atoms with Crippen LogP contribution in [0.3, 0.4) is 0 Å². The molecular formula is C24H35N2O6PS. The van der Waals surface area contributed by atoms with E-state index in [9.17, 15) is 9.36 Å². The predicted octanol–water partition coefficient (Wildman–Crippen LogP) is 4.39. The minimum Gasteiger partial charge on any atom is -0.497 e. The molecule has 0 heterocycles. The fourth-order valence-electron chi connectivity index (χ4n) is 3.22. The van der Waals surface area contributed by atoms with Crippen LogP contribution in [0.5, 0.6) is 11.5 Å². The van der Waals surface area contributed by atoms with E-state index in [0.29, 0.717) is 13.2 Å². The van der Waals surface area contributed by atoms with Gasteiger partial charge < -0.3 is 19.1 Å². The minimum atomic E-state index is -3.35. The Morgan fingerprint density at radius 3 is 2.59 bits per heavy atom. The number of ether oxygens (including phenoxy) is 3. The van der Waals surface area contributed by atoms with Crippen molar-refractivity contribution in [1.29, 1.82) is 0 Å². The molecule has 188 valence electrons. The number of nitrogens with zero attached hydrogens (tertiary/aromatic N) is 1. The van der Waals surface area contributed by atoms with E-state index < -0.39 is 12.6 Å². The summed E-state index contributed by atoms with van der Waals surface area (Å²) in [7, 11) is 5.53. The summed E-state index contributed by atoms with van der Waals surface area (Å²) in [6.07, 6.45) is 2.96. The molecule has 1 amide bonds. The smallest absolute Gasteiger partial charge is 0.355 e. The number of para-hydroxylation sites is 1. The van der Waals surface area contributed by atoms with Gasteiger partial charge in [-0.2, -0.15) is 0 Å². The maximum atomic E-state index is 12.5. The summed E-state index contributed by atoms with van der Waals surface area (Å²) in [5.41, 5.74) is 2.29.